The molecule has 5 nitrogen and oxygen atoms in total. The fraction of sp³-hybridized carbons (Fsp3) is 0.933. The molecule has 0 bridgehead atoms. The second-order valence-corrected chi connectivity index (χ2v) is 6.44. The first kappa shape index (κ1) is 14.3. The first-order valence-electron chi connectivity index (χ1n) is 8.02. The number of carbonyl (C=O) groups excluding carboxylic acids is 1. The van der Waals surface area contributed by atoms with Crippen molar-refractivity contribution >= 4 is 5.91 Å². The monoisotopic (exact) mass is 282 g/mol. The van der Waals surface area contributed by atoms with Gasteiger partial charge in [-0.1, -0.05) is 0 Å². The predicted octanol–water partition coefficient (Wildman–Crippen LogP) is 0.615. The molecule has 1 N–H and O–H groups in total. The van der Waals surface area contributed by atoms with E-state index in [4.69, 9.17) is 4.74 Å². The Morgan fingerprint density at radius 3 is 2.50 bits per heavy atom. The number of aliphatic hydroxyl groups is 1. The van der Waals surface area contributed by atoms with Gasteiger partial charge in [0, 0.05) is 32.8 Å². The summed E-state index contributed by atoms with van der Waals surface area (Å²) in [6.45, 7) is 4.88. The van der Waals surface area contributed by atoms with Gasteiger partial charge in [0.1, 0.15) is 0 Å². The molecule has 3 aliphatic rings. The molecular weight excluding hydrogens is 256 g/mol. The van der Waals surface area contributed by atoms with Gasteiger partial charge >= 0.3 is 0 Å². The highest BCUT2D eigenvalue weighted by Gasteiger charge is 2.43. The lowest BCUT2D eigenvalue weighted by Gasteiger charge is -2.46. The maximum Gasteiger partial charge on any atom is 0.236 e. The van der Waals surface area contributed by atoms with Gasteiger partial charge in [0.2, 0.25) is 5.91 Å². The van der Waals surface area contributed by atoms with Crippen molar-refractivity contribution in [1.29, 1.82) is 0 Å². The fourth-order valence-electron chi connectivity index (χ4n) is 3.74. The minimum Gasteiger partial charge on any atom is -0.390 e. The van der Waals surface area contributed by atoms with Crippen molar-refractivity contribution in [3.63, 3.8) is 0 Å². The summed E-state index contributed by atoms with van der Waals surface area (Å²) in [7, 11) is 0. The molecule has 0 aromatic heterocycles. The zero-order chi connectivity index (χ0) is 14.0. The van der Waals surface area contributed by atoms with E-state index in [0.29, 0.717) is 6.54 Å². The lowest BCUT2D eigenvalue weighted by atomic mass is 9.82. The van der Waals surface area contributed by atoms with Crippen LogP contribution < -0.4 is 0 Å². The first-order valence-corrected chi connectivity index (χ1v) is 8.02. The first-order chi connectivity index (χ1) is 9.70. The molecule has 1 amide bonds. The van der Waals surface area contributed by atoms with Crippen LogP contribution in [0.5, 0.6) is 0 Å². The topological polar surface area (TPSA) is 53.0 Å². The Bertz CT molecular complexity index is 347. The van der Waals surface area contributed by atoms with Crippen LogP contribution in [0.15, 0.2) is 0 Å². The fourth-order valence-corrected chi connectivity index (χ4v) is 3.74. The molecule has 3 fully saturated rings. The van der Waals surface area contributed by atoms with Crippen molar-refractivity contribution in [3.05, 3.63) is 0 Å². The van der Waals surface area contributed by atoms with E-state index in [1.807, 2.05) is 4.90 Å². The van der Waals surface area contributed by atoms with Gasteiger partial charge < -0.3 is 14.7 Å². The maximum atomic E-state index is 12.1. The summed E-state index contributed by atoms with van der Waals surface area (Å²) in [5, 5.41) is 10.2. The molecule has 1 spiro atoms. The second kappa shape index (κ2) is 6.00. The summed E-state index contributed by atoms with van der Waals surface area (Å²) in [5.41, 5.74) is -0.328. The molecule has 0 aromatic rings. The second-order valence-electron chi connectivity index (χ2n) is 6.44. The van der Waals surface area contributed by atoms with Gasteiger partial charge in [0.25, 0.3) is 0 Å². The lowest BCUT2D eigenvalue weighted by Crippen LogP contribution is -2.56. The van der Waals surface area contributed by atoms with Crippen LogP contribution in [0, 0.1) is 0 Å². The maximum absolute atomic E-state index is 12.1. The molecule has 3 heterocycles. The van der Waals surface area contributed by atoms with Crippen molar-refractivity contribution in [2.75, 3.05) is 39.3 Å². The number of rotatable bonds is 2. The van der Waals surface area contributed by atoms with Gasteiger partial charge in [-0.15, -0.1) is 0 Å². The van der Waals surface area contributed by atoms with Gasteiger partial charge in [-0.2, -0.15) is 0 Å². The molecule has 5 heteroatoms. The molecule has 1 atom stereocenters. The minimum absolute atomic E-state index is 0.267. The Morgan fingerprint density at radius 2 is 1.85 bits per heavy atom. The summed E-state index contributed by atoms with van der Waals surface area (Å²) >= 11 is 0. The third kappa shape index (κ3) is 2.85. The number of hydrogen-bond acceptors (Lipinski definition) is 4. The molecule has 0 aliphatic carbocycles. The van der Waals surface area contributed by atoms with E-state index in [-0.39, 0.29) is 17.6 Å². The van der Waals surface area contributed by atoms with E-state index in [1.54, 1.807) is 0 Å². The smallest absolute Gasteiger partial charge is 0.236 e. The van der Waals surface area contributed by atoms with Crippen molar-refractivity contribution in [3.8, 4) is 0 Å². The number of nitrogens with zero attached hydrogens (tertiary/aromatic N) is 2. The van der Waals surface area contributed by atoms with Crippen molar-refractivity contribution < 1.29 is 14.6 Å². The van der Waals surface area contributed by atoms with Crippen LogP contribution in [0.3, 0.4) is 0 Å². The number of carbonyl (C=O) groups is 1. The largest absolute Gasteiger partial charge is 0.390 e. The number of aliphatic hydroxyl groups excluding tert-OH is 1. The van der Waals surface area contributed by atoms with Crippen LogP contribution in [0.2, 0.25) is 0 Å². The van der Waals surface area contributed by atoms with Gasteiger partial charge in [0.15, 0.2) is 0 Å². The molecule has 1 unspecified atom stereocenters. The number of piperidine rings is 1. The van der Waals surface area contributed by atoms with Crippen molar-refractivity contribution in [2.45, 2.75) is 50.2 Å². The Balaban J connectivity index is 1.49. The third-order valence-corrected chi connectivity index (χ3v) is 5.14. The Hall–Kier alpha value is -0.650. The minimum atomic E-state index is -0.328. The normalized spacial score (nSPS) is 30.9. The summed E-state index contributed by atoms with van der Waals surface area (Å²) in [5.74, 6) is 0.267. The Kier molecular flexibility index (Phi) is 4.29. The molecule has 3 saturated heterocycles. The quantitative estimate of drug-likeness (QED) is 0.806. The summed E-state index contributed by atoms with van der Waals surface area (Å²) in [4.78, 5) is 16.4. The van der Waals surface area contributed by atoms with E-state index < -0.39 is 0 Å². The van der Waals surface area contributed by atoms with Crippen LogP contribution >= 0.6 is 0 Å². The van der Waals surface area contributed by atoms with E-state index >= 15 is 0 Å². The molecule has 114 valence electrons. The van der Waals surface area contributed by atoms with E-state index in [9.17, 15) is 9.90 Å². The zero-order valence-corrected chi connectivity index (χ0v) is 12.2. The molecular formula is C15H26N2O3. The predicted molar refractivity (Wildman–Crippen MR) is 75.4 cm³/mol. The summed E-state index contributed by atoms with van der Waals surface area (Å²) < 4.78 is 5.90. The number of amides is 1. The van der Waals surface area contributed by atoms with Gasteiger partial charge in [-0.3, -0.25) is 9.69 Å². The highest BCUT2D eigenvalue weighted by atomic mass is 16.5. The molecule has 0 saturated carbocycles. The zero-order valence-electron chi connectivity index (χ0n) is 12.2. The molecule has 0 radical (unpaired) electrons. The highest BCUT2D eigenvalue weighted by molar-refractivity contribution is 5.78. The Morgan fingerprint density at radius 1 is 1.15 bits per heavy atom. The third-order valence-electron chi connectivity index (χ3n) is 5.14. The van der Waals surface area contributed by atoms with Crippen LogP contribution in [0.25, 0.3) is 0 Å². The molecule has 20 heavy (non-hydrogen) atoms. The highest BCUT2D eigenvalue weighted by Crippen LogP contribution is 2.35. The SMILES string of the molecule is O=C(CN1CCC2(CC1)OCCCC2O)N1CCCC1. The lowest BCUT2D eigenvalue weighted by molar-refractivity contribution is -0.177. The standard InChI is InChI=1S/C15H26N2O3/c18-13-4-3-11-20-15(13)5-9-16(10-6-15)12-14(19)17-7-1-2-8-17/h13,18H,1-12H2. The van der Waals surface area contributed by atoms with Crippen molar-refractivity contribution in [2.24, 2.45) is 0 Å². The van der Waals surface area contributed by atoms with E-state index in [1.165, 1.54) is 0 Å². The number of likely N-dealkylation sites (tertiary alicyclic amines) is 2. The van der Waals surface area contributed by atoms with Crippen LogP contribution in [-0.2, 0) is 9.53 Å². The molecule has 3 aliphatic heterocycles. The summed E-state index contributed by atoms with van der Waals surface area (Å²) in [6.07, 6.45) is 5.48. The van der Waals surface area contributed by atoms with Crippen LogP contribution in [-0.4, -0.2) is 71.8 Å². The molecule has 0 aromatic carbocycles. The van der Waals surface area contributed by atoms with Gasteiger partial charge in [0.05, 0.1) is 18.2 Å². The average molecular weight is 282 g/mol. The van der Waals surface area contributed by atoms with E-state index in [0.717, 1.165) is 71.3 Å². The van der Waals surface area contributed by atoms with Crippen LogP contribution in [0.4, 0.5) is 0 Å². The molecule has 3 rings (SSSR count). The Labute approximate surface area is 120 Å². The van der Waals surface area contributed by atoms with Crippen molar-refractivity contribution in [1.82, 2.24) is 9.80 Å². The number of ether oxygens (including phenoxy) is 1. The number of hydrogen-bond donors (Lipinski definition) is 1. The van der Waals surface area contributed by atoms with E-state index in [2.05, 4.69) is 4.90 Å². The van der Waals surface area contributed by atoms with Gasteiger partial charge in [-0.25, -0.2) is 0 Å². The van der Waals surface area contributed by atoms with Crippen LogP contribution in [0.1, 0.15) is 38.5 Å². The van der Waals surface area contributed by atoms with Gasteiger partial charge in [-0.05, 0) is 38.5 Å². The average Bonchev–Trinajstić information content (AvgIpc) is 2.99. The summed E-state index contributed by atoms with van der Waals surface area (Å²) in [6, 6.07) is 0.